The summed E-state index contributed by atoms with van der Waals surface area (Å²) in [5.74, 6) is -0.991. The Morgan fingerprint density at radius 2 is 1.71 bits per heavy atom. The molecular weight excluding hydrogens is 237 g/mol. The summed E-state index contributed by atoms with van der Waals surface area (Å²) in [7, 11) is 0. The van der Waals surface area contributed by atoms with Crippen LogP contribution in [0.4, 0.5) is 4.39 Å². The van der Waals surface area contributed by atoms with Crippen molar-refractivity contribution in [3.8, 4) is 0 Å². The molecule has 1 rings (SSSR count). The molecule has 0 fully saturated rings. The molecule has 8 nitrogen and oxygen atoms in total. The highest BCUT2D eigenvalue weighted by Gasteiger charge is 2.20. The molecule has 1 heterocycles. The number of H-pyrrole nitrogens is 2. The van der Waals surface area contributed by atoms with Gasteiger partial charge in [0.1, 0.15) is 0 Å². The summed E-state index contributed by atoms with van der Waals surface area (Å²) in [6.45, 7) is -1.21. The Balaban J connectivity index is 0.000000304. The van der Waals surface area contributed by atoms with Crippen LogP contribution in [-0.2, 0) is 0 Å². The normalized spacial score (nSPS) is 10.6. The van der Waals surface area contributed by atoms with Crippen LogP contribution in [-0.4, -0.2) is 50.6 Å². The molecule has 0 bridgehead atoms. The molecule has 0 atom stereocenters. The van der Waals surface area contributed by atoms with E-state index < -0.39 is 42.4 Å². The number of hydrogen-bond donors (Lipinski definition) is 6. The van der Waals surface area contributed by atoms with E-state index in [1.165, 1.54) is 0 Å². The van der Waals surface area contributed by atoms with Gasteiger partial charge in [-0.05, 0) is 0 Å². The molecule has 0 aliphatic rings. The molecule has 0 unspecified atom stereocenters. The summed E-state index contributed by atoms with van der Waals surface area (Å²) >= 11 is 0. The van der Waals surface area contributed by atoms with Crippen molar-refractivity contribution >= 4 is 0 Å². The standard InChI is InChI=1S/C4H3FN2O2.C4H11NO3/c5-2-1-6-4(9)7-3(2)8;5-4(1-6,2-7)3-8/h1H,(H2,6,7,8,9);6-8H,1-3,5H2. The number of rotatable bonds is 3. The van der Waals surface area contributed by atoms with E-state index in [1.807, 2.05) is 4.98 Å². The van der Waals surface area contributed by atoms with Gasteiger partial charge in [-0.15, -0.1) is 0 Å². The maximum absolute atomic E-state index is 12.0. The Bertz CT molecular complexity index is 431. The number of aromatic amines is 2. The Morgan fingerprint density at radius 3 is 1.94 bits per heavy atom. The summed E-state index contributed by atoms with van der Waals surface area (Å²) < 4.78 is 12.0. The zero-order chi connectivity index (χ0) is 13.5. The number of nitrogens with one attached hydrogen (secondary N) is 2. The summed E-state index contributed by atoms with van der Waals surface area (Å²) in [6.07, 6.45) is 0.709. The third-order valence-electron chi connectivity index (χ3n) is 1.72. The van der Waals surface area contributed by atoms with Gasteiger partial charge in [0.2, 0.25) is 5.82 Å². The molecule has 9 heteroatoms. The monoisotopic (exact) mass is 251 g/mol. The number of aliphatic hydroxyl groups excluding tert-OH is 3. The lowest BCUT2D eigenvalue weighted by molar-refractivity contribution is 0.0698. The zero-order valence-electron chi connectivity index (χ0n) is 8.81. The quantitative estimate of drug-likeness (QED) is 0.334. The van der Waals surface area contributed by atoms with Crippen LogP contribution in [0.3, 0.4) is 0 Å². The van der Waals surface area contributed by atoms with E-state index in [0.717, 1.165) is 0 Å². The lowest BCUT2D eigenvalue weighted by atomic mass is 10.1. The second-order valence-electron chi connectivity index (χ2n) is 3.26. The third kappa shape index (κ3) is 5.36. The largest absolute Gasteiger partial charge is 0.394 e. The van der Waals surface area contributed by atoms with Crippen molar-refractivity contribution in [3.63, 3.8) is 0 Å². The van der Waals surface area contributed by atoms with Crippen LogP contribution in [0.5, 0.6) is 0 Å². The second-order valence-corrected chi connectivity index (χ2v) is 3.26. The molecule has 0 aliphatic carbocycles. The maximum atomic E-state index is 12.0. The van der Waals surface area contributed by atoms with Gasteiger partial charge in [0, 0.05) is 6.20 Å². The van der Waals surface area contributed by atoms with Crippen molar-refractivity contribution in [2.24, 2.45) is 5.73 Å². The van der Waals surface area contributed by atoms with Gasteiger partial charge in [0.25, 0.3) is 5.56 Å². The molecule has 0 saturated heterocycles. The van der Waals surface area contributed by atoms with E-state index in [1.54, 1.807) is 4.98 Å². The van der Waals surface area contributed by atoms with Gasteiger partial charge in [-0.1, -0.05) is 0 Å². The number of halogens is 1. The van der Waals surface area contributed by atoms with Crippen molar-refractivity contribution in [1.29, 1.82) is 0 Å². The molecule has 17 heavy (non-hydrogen) atoms. The maximum Gasteiger partial charge on any atom is 0.325 e. The molecule has 0 radical (unpaired) electrons. The van der Waals surface area contributed by atoms with Gasteiger partial charge >= 0.3 is 5.69 Å². The highest BCUT2D eigenvalue weighted by atomic mass is 19.1. The Morgan fingerprint density at radius 1 is 1.24 bits per heavy atom. The molecule has 0 saturated carbocycles. The SMILES string of the molecule is NC(CO)(CO)CO.O=c1[nH]cc(F)c(=O)[nH]1. The summed E-state index contributed by atoms with van der Waals surface area (Å²) in [6, 6.07) is 0. The van der Waals surface area contributed by atoms with Gasteiger partial charge in [-0.2, -0.15) is 4.39 Å². The molecule has 0 spiro atoms. The first-order valence-corrected chi connectivity index (χ1v) is 4.47. The van der Waals surface area contributed by atoms with E-state index >= 15 is 0 Å². The molecule has 98 valence electrons. The van der Waals surface area contributed by atoms with Crippen molar-refractivity contribution in [2.75, 3.05) is 19.8 Å². The van der Waals surface area contributed by atoms with Crippen LogP contribution in [0, 0.1) is 5.82 Å². The van der Waals surface area contributed by atoms with E-state index in [2.05, 4.69) is 0 Å². The van der Waals surface area contributed by atoms with Crippen LogP contribution in [0.25, 0.3) is 0 Å². The van der Waals surface area contributed by atoms with Crippen molar-refractivity contribution < 1.29 is 19.7 Å². The predicted molar refractivity (Wildman–Crippen MR) is 55.8 cm³/mol. The van der Waals surface area contributed by atoms with Crippen LogP contribution in [0.1, 0.15) is 0 Å². The Labute approximate surface area is 94.5 Å². The minimum Gasteiger partial charge on any atom is -0.394 e. The van der Waals surface area contributed by atoms with Gasteiger partial charge in [-0.3, -0.25) is 9.78 Å². The average Bonchev–Trinajstić information content (AvgIpc) is 2.34. The molecule has 7 N–H and O–H groups in total. The van der Waals surface area contributed by atoms with E-state index in [9.17, 15) is 14.0 Å². The number of hydrogen-bond acceptors (Lipinski definition) is 6. The van der Waals surface area contributed by atoms with Gasteiger partial charge in [0.15, 0.2) is 0 Å². The van der Waals surface area contributed by atoms with E-state index in [4.69, 9.17) is 21.1 Å². The molecular formula is C8H14FN3O5. The van der Waals surface area contributed by atoms with Gasteiger partial charge in [-0.25, -0.2) is 4.79 Å². The topological polar surface area (TPSA) is 152 Å². The smallest absolute Gasteiger partial charge is 0.325 e. The van der Waals surface area contributed by atoms with Gasteiger partial charge in [0.05, 0.1) is 25.4 Å². The highest BCUT2D eigenvalue weighted by molar-refractivity contribution is 4.83. The van der Waals surface area contributed by atoms with Crippen molar-refractivity contribution in [2.45, 2.75) is 5.54 Å². The number of aromatic nitrogens is 2. The minimum absolute atomic E-state index is 0.403. The first-order chi connectivity index (χ1) is 7.88. The molecule has 1 aromatic heterocycles. The fraction of sp³-hybridized carbons (Fsp3) is 0.500. The van der Waals surface area contributed by atoms with Crippen LogP contribution in [0.2, 0.25) is 0 Å². The van der Waals surface area contributed by atoms with Crippen LogP contribution in [0.15, 0.2) is 15.8 Å². The molecule has 0 aromatic carbocycles. The molecule has 1 aromatic rings. The molecule has 0 aliphatic heterocycles. The zero-order valence-corrected chi connectivity index (χ0v) is 8.81. The van der Waals surface area contributed by atoms with Gasteiger partial charge < -0.3 is 26.0 Å². The Kier molecular flexibility index (Phi) is 6.28. The number of nitrogens with two attached hydrogens (primary N) is 1. The first kappa shape index (κ1) is 15.4. The second kappa shape index (κ2) is 6.91. The third-order valence-corrected chi connectivity index (χ3v) is 1.72. The van der Waals surface area contributed by atoms with Crippen LogP contribution >= 0.6 is 0 Å². The molecule has 0 amide bonds. The number of aliphatic hydroxyl groups is 3. The first-order valence-electron chi connectivity index (χ1n) is 4.47. The lowest BCUT2D eigenvalue weighted by Gasteiger charge is -2.20. The summed E-state index contributed by atoms with van der Waals surface area (Å²) in [4.78, 5) is 24.0. The van der Waals surface area contributed by atoms with Crippen LogP contribution < -0.4 is 17.0 Å². The van der Waals surface area contributed by atoms with Crippen molar-refractivity contribution in [1.82, 2.24) is 9.97 Å². The van der Waals surface area contributed by atoms with Crippen molar-refractivity contribution in [3.05, 3.63) is 32.9 Å². The fourth-order valence-electron chi connectivity index (χ4n) is 0.543. The predicted octanol–water partition coefficient (Wildman–Crippen LogP) is -3.14. The fourth-order valence-corrected chi connectivity index (χ4v) is 0.543. The highest BCUT2D eigenvalue weighted by Crippen LogP contribution is 1.93. The Hall–Kier alpha value is -1.55. The summed E-state index contributed by atoms with van der Waals surface area (Å²) in [5, 5.41) is 25.0. The lowest BCUT2D eigenvalue weighted by Crippen LogP contribution is -2.50. The van der Waals surface area contributed by atoms with E-state index in [-0.39, 0.29) is 0 Å². The van der Waals surface area contributed by atoms with E-state index in [0.29, 0.717) is 6.20 Å². The minimum atomic E-state index is -1.21. The summed E-state index contributed by atoms with van der Waals surface area (Å²) in [5.41, 5.74) is 2.23. The average molecular weight is 251 g/mol.